The van der Waals surface area contributed by atoms with Crippen LogP contribution in [0, 0.1) is 0 Å². The first-order valence-electron chi connectivity index (χ1n) is 7.08. The molecule has 0 spiro atoms. The number of carboxylic acids is 1. The summed E-state index contributed by atoms with van der Waals surface area (Å²) in [6.07, 6.45) is 1.39. The second-order valence-corrected chi connectivity index (χ2v) is 6.51. The lowest BCUT2D eigenvalue weighted by Gasteiger charge is -2.26. The van der Waals surface area contributed by atoms with Crippen molar-refractivity contribution in [3.8, 4) is 0 Å². The van der Waals surface area contributed by atoms with Crippen molar-refractivity contribution in [3.05, 3.63) is 34.3 Å². The van der Waals surface area contributed by atoms with E-state index in [1.54, 1.807) is 6.92 Å². The maximum atomic E-state index is 12.1. The van der Waals surface area contributed by atoms with E-state index in [2.05, 4.69) is 21.2 Å². The van der Waals surface area contributed by atoms with E-state index in [-0.39, 0.29) is 18.2 Å². The summed E-state index contributed by atoms with van der Waals surface area (Å²) in [4.78, 5) is 23.4. The van der Waals surface area contributed by atoms with Crippen LogP contribution >= 0.6 is 15.9 Å². The summed E-state index contributed by atoms with van der Waals surface area (Å²) < 4.78 is 0.990. The lowest BCUT2D eigenvalue weighted by atomic mass is 9.94. The highest BCUT2D eigenvalue weighted by molar-refractivity contribution is 9.10. The molecule has 0 aliphatic carbocycles. The SMILES string of the molecule is CCCC(C)(NC(=O)CC(C)c1ccc(Br)cc1)C(=O)O. The molecule has 0 fully saturated rings. The van der Waals surface area contributed by atoms with Crippen LogP contribution in [-0.2, 0) is 9.59 Å². The number of carboxylic acid groups (broad SMARTS) is 1. The molecule has 2 atom stereocenters. The molecular formula is C16H22BrNO3. The summed E-state index contributed by atoms with van der Waals surface area (Å²) >= 11 is 3.37. The average Bonchev–Trinajstić information content (AvgIpc) is 2.39. The van der Waals surface area contributed by atoms with Crippen molar-refractivity contribution in [3.63, 3.8) is 0 Å². The molecule has 0 radical (unpaired) electrons. The Morgan fingerprint density at radius 1 is 1.33 bits per heavy atom. The molecule has 0 heterocycles. The molecule has 1 aromatic carbocycles. The molecule has 1 rings (SSSR count). The number of rotatable bonds is 7. The third-order valence-electron chi connectivity index (χ3n) is 3.57. The number of carbonyl (C=O) groups is 2. The van der Waals surface area contributed by atoms with E-state index in [0.717, 1.165) is 10.0 Å². The van der Waals surface area contributed by atoms with E-state index in [1.807, 2.05) is 38.1 Å². The Hall–Kier alpha value is -1.36. The van der Waals surface area contributed by atoms with Crippen molar-refractivity contribution in [2.45, 2.75) is 51.5 Å². The van der Waals surface area contributed by atoms with Crippen molar-refractivity contribution in [2.75, 3.05) is 0 Å². The third kappa shape index (κ3) is 5.16. The minimum atomic E-state index is -1.19. The molecule has 2 unspecified atom stereocenters. The minimum Gasteiger partial charge on any atom is -0.480 e. The maximum absolute atomic E-state index is 12.1. The number of amides is 1. The van der Waals surface area contributed by atoms with Crippen LogP contribution in [0.2, 0.25) is 0 Å². The molecule has 4 nitrogen and oxygen atoms in total. The van der Waals surface area contributed by atoms with Crippen LogP contribution in [0.25, 0.3) is 0 Å². The zero-order valence-corrected chi connectivity index (χ0v) is 14.2. The molecule has 0 saturated carbocycles. The Morgan fingerprint density at radius 2 is 1.90 bits per heavy atom. The largest absolute Gasteiger partial charge is 0.480 e. The number of hydrogen-bond acceptors (Lipinski definition) is 2. The van der Waals surface area contributed by atoms with Gasteiger partial charge in [0.2, 0.25) is 5.91 Å². The number of aliphatic carboxylic acids is 1. The second kappa shape index (κ2) is 7.59. The summed E-state index contributed by atoms with van der Waals surface area (Å²) in [6.45, 7) is 5.42. The Bertz CT molecular complexity index is 501. The van der Waals surface area contributed by atoms with Crippen molar-refractivity contribution < 1.29 is 14.7 Å². The number of benzene rings is 1. The van der Waals surface area contributed by atoms with Gasteiger partial charge in [0.15, 0.2) is 0 Å². The molecule has 0 aliphatic heterocycles. The first-order chi connectivity index (χ1) is 9.78. The quantitative estimate of drug-likeness (QED) is 0.783. The van der Waals surface area contributed by atoms with Gasteiger partial charge in [0.05, 0.1) is 0 Å². The fourth-order valence-corrected chi connectivity index (χ4v) is 2.53. The van der Waals surface area contributed by atoms with Crippen LogP contribution in [-0.4, -0.2) is 22.5 Å². The third-order valence-corrected chi connectivity index (χ3v) is 4.10. The van der Waals surface area contributed by atoms with Crippen molar-refractivity contribution in [2.24, 2.45) is 0 Å². The van der Waals surface area contributed by atoms with Gasteiger partial charge in [-0.05, 0) is 37.0 Å². The Labute approximate surface area is 134 Å². The van der Waals surface area contributed by atoms with Crippen LogP contribution in [0.3, 0.4) is 0 Å². The minimum absolute atomic E-state index is 0.0396. The predicted molar refractivity (Wildman–Crippen MR) is 86.3 cm³/mol. The molecular weight excluding hydrogens is 334 g/mol. The number of hydrogen-bond donors (Lipinski definition) is 2. The van der Waals surface area contributed by atoms with Crippen LogP contribution in [0.15, 0.2) is 28.7 Å². The Kier molecular flexibility index (Phi) is 6.40. The van der Waals surface area contributed by atoms with Gasteiger partial charge in [-0.15, -0.1) is 0 Å². The number of nitrogens with one attached hydrogen (secondary N) is 1. The summed E-state index contributed by atoms with van der Waals surface area (Å²) in [5, 5.41) is 11.9. The topological polar surface area (TPSA) is 66.4 Å². The normalized spacial score (nSPS) is 15.0. The van der Waals surface area contributed by atoms with Crippen molar-refractivity contribution in [1.29, 1.82) is 0 Å². The zero-order chi connectivity index (χ0) is 16.0. The lowest BCUT2D eigenvalue weighted by Crippen LogP contribution is -2.52. The van der Waals surface area contributed by atoms with Gasteiger partial charge in [-0.1, -0.05) is 48.3 Å². The van der Waals surface area contributed by atoms with Gasteiger partial charge in [-0.25, -0.2) is 4.79 Å². The van der Waals surface area contributed by atoms with Gasteiger partial charge in [0.25, 0.3) is 0 Å². The molecule has 0 aliphatic rings. The smallest absolute Gasteiger partial charge is 0.329 e. The van der Waals surface area contributed by atoms with Crippen LogP contribution < -0.4 is 5.32 Å². The maximum Gasteiger partial charge on any atom is 0.329 e. The molecule has 1 aromatic rings. The van der Waals surface area contributed by atoms with Gasteiger partial charge >= 0.3 is 5.97 Å². The van der Waals surface area contributed by atoms with Crippen LogP contribution in [0.5, 0.6) is 0 Å². The first-order valence-corrected chi connectivity index (χ1v) is 7.87. The predicted octanol–water partition coefficient (Wildman–Crippen LogP) is 3.70. The fourth-order valence-electron chi connectivity index (χ4n) is 2.27. The van der Waals surface area contributed by atoms with E-state index >= 15 is 0 Å². The summed E-state index contributed by atoms with van der Waals surface area (Å²) in [7, 11) is 0. The van der Waals surface area contributed by atoms with Crippen LogP contribution in [0.4, 0.5) is 0 Å². The van der Waals surface area contributed by atoms with E-state index in [0.29, 0.717) is 12.8 Å². The van der Waals surface area contributed by atoms with Gasteiger partial charge in [-0.2, -0.15) is 0 Å². The van der Waals surface area contributed by atoms with E-state index in [1.165, 1.54) is 0 Å². The fraction of sp³-hybridized carbons (Fsp3) is 0.500. The Balaban J connectivity index is 2.67. The summed E-state index contributed by atoms with van der Waals surface area (Å²) in [5.41, 5.74) is -0.133. The number of halogens is 1. The van der Waals surface area contributed by atoms with Gasteiger partial charge in [0, 0.05) is 10.9 Å². The average molecular weight is 356 g/mol. The molecule has 0 saturated heterocycles. The Morgan fingerprint density at radius 3 is 2.38 bits per heavy atom. The van der Waals surface area contributed by atoms with Gasteiger partial charge in [0.1, 0.15) is 5.54 Å². The molecule has 5 heteroatoms. The highest BCUT2D eigenvalue weighted by Gasteiger charge is 2.33. The van der Waals surface area contributed by atoms with Gasteiger partial charge < -0.3 is 10.4 Å². The summed E-state index contributed by atoms with van der Waals surface area (Å²) in [5.74, 6) is -1.18. The lowest BCUT2D eigenvalue weighted by molar-refractivity contribution is -0.147. The zero-order valence-electron chi connectivity index (χ0n) is 12.6. The molecule has 0 bridgehead atoms. The highest BCUT2D eigenvalue weighted by Crippen LogP contribution is 2.22. The molecule has 2 N–H and O–H groups in total. The molecule has 116 valence electrons. The van der Waals surface area contributed by atoms with Gasteiger partial charge in [-0.3, -0.25) is 4.79 Å². The standard InChI is InChI=1S/C16H22BrNO3/c1-4-9-16(3,15(20)21)18-14(19)10-11(2)12-5-7-13(17)8-6-12/h5-8,11H,4,9-10H2,1-3H3,(H,18,19)(H,20,21). The van der Waals surface area contributed by atoms with E-state index in [4.69, 9.17) is 0 Å². The second-order valence-electron chi connectivity index (χ2n) is 5.59. The van der Waals surface area contributed by atoms with E-state index < -0.39 is 11.5 Å². The van der Waals surface area contributed by atoms with Crippen LogP contribution in [0.1, 0.15) is 51.5 Å². The molecule has 21 heavy (non-hydrogen) atoms. The van der Waals surface area contributed by atoms with Crippen molar-refractivity contribution in [1.82, 2.24) is 5.32 Å². The monoisotopic (exact) mass is 355 g/mol. The summed E-state index contributed by atoms with van der Waals surface area (Å²) in [6, 6.07) is 7.79. The molecule has 0 aromatic heterocycles. The number of carbonyl (C=O) groups excluding carboxylic acids is 1. The first kappa shape index (κ1) is 17.7. The van der Waals surface area contributed by atoms with E-state index in [9.17, 15) is 14.7 Å². The molecule has 1 amide bonds. The van der Waals surface area contributed by atoms with Crippen molar-refractivity contribution >= 4 is 27.8 Å². The highest BCUT2D eigenvalue weighted by atomic mass is 79.9.